The number of hydrogen-bond donors (Lipinski definition) is 1. The highest BCUT2D eigenvalue weighted by molar-refractivity contribution is 8.00. The fraction of sp³-hybridized carbons (Fsp3) is 0.462. The molecule has 0 aromatic heterocycles. The summed E-state index contributed by atoms with van der Waals surface area (Å²) in [6.07, 6.45) is 7.58. The Hall–Kier alpha value is -1.92. The minimum Gasteiger partial charge on any atom is -0.351 e. The molecule has 4 rings (SSSR count). The first-order chi connectivity index (χ1) is 15.7. The van der Waals surface area contributed by atoms with E-state index in [0.29, 0.717) is 24.4 Å². The molecule has 2 amide bonds. The van der Waals surface area contributed by atoms with Crippen LogP contribution in [0.3, 0.4) is 0 Å². The number of rotatable bonds is 9. The number of carbonyl (C=O) groups is 2. The zero-order valence-electron chi connectivity index (χ0n) is 18.5. The Labute approximate surface area is 199 Å². The molecule has 0 radical (unpaired) electrons. The van der Waals surface area contributed by atoms with Crippen molar-refractivity contribution in [3.8, 4) is 0 Å². The van der Waals surface area contributed by atoms with Crippen molar-refractivity contribution < 1.29 is 9.59 Å². The van der Waals surface area contributed by atoms with Crippen LogP contribution in [0.25, 0.3) is 0 Å². The van der Waals surface area contributed by atoms with Crippen LogP contribution in [-0.2, 0) is 11.2 Å². The normalized spacial score (nSPS) is 19.3. The van der Waals surface area contributed by atoms with Crippen molar-refractivity contribution in [2.75, 3.05) is 24.6 Å². The van der Waals surface area contributed by atoms with E-state index < -0.39 is 0 Å². The fourth-order valence-electron chi connectivity index (χ4n) is 4.39. The molecule has 1 atom stereocenters. The second-order valence-corrected chi connectivity index (χ2v) is 11.0. The second-order valence-electron chi connectivity index (χ2n) is 8.49. The smallest absolute Gasteiger partial charge is 0.251 e. The van der Waals surface area contributed by atoms with E-state index in [1.54, 1.807) is 11.8 Å². The van der Waals surface area contributed by atoms with Crippen molar-refractivity contribution in [2.24, 2.45) is 0 Å². The molecule has 2 fully saturated rings. The number of hydrogen-bond acceptors (Lipinski definition) is 4. The van der Waals surface area contributed by atoms with Gasteiger partial charge in [-0.3, -0.25) is 9.59 Å². The predicted molar refractivity (Wildman–Crippen MR) is 135 cm³/mol. The second kappa shape index (κ2) is 11.8. The maximum absolute atomic E-state index is 12.5. The lowest BCUT2D eigenvalue weighted by atomic mass is 10.0. The van der Waals surface area contributed by atoms with Crippen LogP contribution >= 0.6 is 23.5 Å². The van der Waals surface area contributed by atoms with E-state index in [1.807, 2.05) is 59.1 Å². The molecule has 2 aliphatic rings. The molecule has 0 bridgehead atoms. The first-order valence-corrected chi connectivity index (χ1v) is 13.8. The van der Waals surface area contributed by atoms with E-state index in [0.717, 1.165) is 23.0 Å². The molecule has 4 nitrogen and oxygen atoms in total. The summed E-state index contributed by atoms with van der Waals surface area (Å²) in [5.41, 5.74) is 3.00. The minimum atomic E-state index is -0.0168. The van der Waals surface area contributed by atoms with E-state index in [9.17, 15) is 9.59 Å². The topological polar surface area (TPSA) is 49.4 Å². The average Bonchev–Trinajstić information content (AvgIpc) is 3.22. The van der Waals surface area contributed by atoms with Crippen LogP contribution in [0.5, 0.6) is 0 Å². The molecule has 1 aliphatic carbocycles. The highest BCUT2D eigenvalue weighted by Crippen LogP contribution is 2.38. The average molecular weight is 469 g/mol. The predicted octanol–water partition coefficient (Wildman–Crippen LogP) is 5.30. The Bertz CT molecular complexity index is 882. The zero-order valence-corrected chi connectivity index (χ0v) is 20.1. The van der Waals surface area contributed by atoms with Crippen molar-refractivity contribution in [1.82, 2.24) is 10.2 Å². The SMILES string of the molecule is O=C(NCCSC1CCCCC1)c1ccc([C@H]2SCC(=O)N2CCc2ccccc2)cc1. The quantitative estimate of drug-likeness (QED) is 0.508. The largest absolute Gasteiger partial charge is 0.351 e. The van der Waals surface area contributed by atoms with Crippen LogP contribution < -0.4 is 5.32 Å². The molecule has 1 saturated heterocycles. The van der Waals surface area contributed by atoms with Gasteiger partial charge < -0.3 is 10.2 Å². The highest BCUT2D eigenvalue weighted by atomic mass is 32.2. The maximum atomic E-state index is 12.5. The van der Waals surface area contributed by atoms with Gasteiger partial charge in [-0.15, -0.1) is 11.8 Å². The van der Waals surface area contributed by atoms with Gasteiger partial charge in [-0.2, -0.15) is 11.8 Å². The van der Waals surface area contributed by atoms with Crippen molar-refractivity contribution in [3.63, 3.8) is 0 Å². The van der Waals surface area contributed by atoms with Crippen LogP contribution in [0.15, 0.2) is 54.6 Å². The molecule has 6 heteroatoms. The summed E-state index contributed by atoms with van der Waals surface area (Å²) < 4.78 is 0. The summed E-state index contributed by atoms with van der Waals surface area (Å²) in [6.45, 7) is 1.42. The Morgan fingerprint density at radius 1 is 1.03 bits per heavy atom. The number of nitrogens with one attached hydrogen (secondary N) is 1. The van der Waals surface area contributed by atoms with Crippen molar-refractivity contribution in [1.29, 1.82) is 0 Å². The Balaban J connectivity index is 1.27. The first-order valence-electron chi connectivity index (χ1n) is 11.7. The summed E-state index contributed by atoms with van der Waals surface area (Å²) in [6, 6.07) is 18.0. The van der Waals surface area contributed by atoms with Gasteiger partial charge in [0.1, 0.15) is 5.37 Å². The third-order valence-corrected chi connectivity index (χ3v) is 8.84. The van der Waals surface area contributed by atoms with Gasteiger partial charge in [0.2, 0.25) is 5.91 Å². The van der Waals surface area contributed by atoms with Gasteiger partial charge in [-0.1, -0.05) is 61.7 Å². The van der Waals surface area contributed by atoms with Crippen LogP contribution in [-0.4, -0.2) is 46.6 Å². The molecule has 1 aliphatic heterocycles. The Morgan fingerprint density at radius 2 is 1.78 bits per heavy atom. The van der Waals surface area contributed by atoms with Crippen LogP contribution in [0.2, 0.25) is 0 Å². The van der Waals surface area contributed by atoms with E-state index >= 15 is 0 Å². The standard InChI is InChI=1S/C26H32N2O2S2/c29-24-19-32-26(28(24)17-15-20-7-3-1-4-8-20)22-13-11-21(12-14-22)25(30)27-16-18-31-23-9-5-2-6-10-23/h1,3-4,7-8,11-14,23,26H,2,5-6,9-10,15-19H2,(H,27,30)/t26-/m1/s1. The van der Waals surface area contributed by atoms with Crippen molar-refractivity contribution in [2.45, 2.75) is 49.1 Å². The van der Waals surface area contributed by atoms with Gasteiger partial charge in [0, 0.05) is 29.7 Å². The lowest BCUT2D eigenvalue weighted by Crippen LogP contribution is -2.30. The molecule has 170 valence electrons. The van der Waals surface area contributed by atoms with Crippen LogP contribution in [0.1, 0.15) is 59.0 Å². The van der Waals surface area contributed by atoms with Gasteiger partial charge >= 0.3 is 0 Å². The molecule has 32 heavy (non-hydrogen) atoms. The first kappa shape index (κ1) is 23.2. The lowest BCUT2D eigenvalue weighted by molar-refractivity contribution is -0.128. The van der Waals surface area contributed by atoms with E-state index in [1.165, 1.54) is 37.7 Å². The van der Waals surface area contributed by atoms with Crippen LogP contribution in [0, 0.1) is 0 Å². The molecule has 1 saturated carbocycles. The molecular formula is C26H32N2O2S2. The Morgan fingerprint density at radius 3 is 2.53 bits per heavy atom. The van der Waals surface area contributed by atoms with Crippen molar-refractivity contribution >= 4 is 35.3 Å². The van der Waals surface area contributed by atoms with Gasteiger partial charge in [0.05, 0.1) is 5.75 Å². The zero-order chi connectivity index (χ0) is 22.2. The number of amides is 2. The summed E-state index contributed by atoms with van der Waals surface area (Å²) in [7, 11) is 0. The fourth-order valence-corrected chi connectivity index (χ4v) is 6.83. The Kier molecular flexibility index (Phi) is 8.57. The third-order valence-electron chi connectivity index (χ3n) is 6.20. The number of nitrogens with zero attached hydrogens (tertiary/aromatic N) is 1. The molecule has 2 aromatic rings. The summed E-state index contributed by atoms with van der Waals surface area (Å²) in [4.78, 5) is 26.9. The maximum Gasteiger partial charge on any atom is 0.251 e. The molecular weight excluding hydrogens is 436 g/mol. The molecule has 1 heterocycles. The summed E-state index contributed by atoms with van der Waals surface area (Å²) in [5.74, 6) is 1.66. The highest BCUT2D eigenvalue weighted by Gasteiger charge is 2.32. The number of carbonyl (C=O) groups excluding carboxylic acids is 2. The summed E-state index contributed by atoms with van der Waals surface area (Å²) >= 11 is 3.67. The molecule has 0 spiro atoms. The summed E-state index contributed by atoms with van der Waals surface area (Å²) in [5, 5.41) is 3.85. The lowest BCUT2D eigenvalue weighted by Gasteiger charge is -2.24. The monoisotopic (exact) mass is 468 g/mol. The van der Waals surface area contributed by atoms with Gasteiger partial charge in [0.25, 0.3) is 5.91 Å². The van der Waals surface area contributed by atoms with E-state index in [-0.39, 0.29) is 17.2 Å². The molecule has 2 aromatic carbocycles. The van der Waals surface area contributed by atoms with Gasteiger partial charge in [-0.05, 0) is 42.5 Å². The minimum absolute atomic E-state index is 0.0168. The third kappa shape index (κ3) is 6.32. The molecule has 0 unspecified atom stereocenters. The number of benzene rings is 2. The van der Waals surface area contributed by atoms with E-state index in [2.05, 4.69) is 17.4 Å². The van der Waals surface area contributed by atoms with Gasteiger partial charge in [0.15, 0.2) is 0 Å². The molecule has 1 N–H and O–H groups in total. The van der Waals surface area contributed by atoms with Gasteiger partial charge in [-0.25, -0.2) is 0 Å². The van der Waals surface area contributed by atoms with E-state index in [4.69, 9.17) is 0 Å². The van der Waals surface area contributed by atoms with Crippen LogP contribution in [0.4, 0.5) is 0 Å². The number of thioether (sulfide) groups is 2. The van der Waals surface area contributed by atoms with Crippen molar-refractivity contribution in [3.05, 3.63) is 71.3 Å².